The third kappa shape index (κ3) is 4.84. The molecule has 0 unspecified atom stereocenters. The van der Waals surface area contributed by atoms with Crippen LogP contribution >= 0.6 is 0 Å². The summed E-state index contributed by atoms with van der Waals surface area (Å²) in [6.07, 6.45) is 0. The second-order valence-corrected chi connectivity index (χ2v) is 8.09. The normalized spacial score (nSPS) is 17.0. The third-order valence-electron chi connectivity index (χ3n) is 5.71. The summed E-state index contributed by atoms with van der Waals surface area (Å²) < 4.78 is 5.23. The fourth-order valence-electron chi connectivity index (χ4n) is 3.80. The van der Waals surface area contributed by atoms with Gasteiger partial charge in [0, 0.05) is 11.3 Å². The van der Waals surface area contributed by atoms with Crippen LogP contribution in [0.15, 0.2) is 78.9 Å². The summed E-state index contributed by atoms with van der Waals surface area (Å²) in [6, 6.07) is 21.5. The minimum absolute atomic E-state index is 0.341. The van der Waals surface area contributed by atoms with E-state index in [9.17, 15) is 19.2 Å². The second-order valence-electron chi connectivity index (χ2n) is 8.09. The van der Waals surface area contributed by atoms with E-state index in [1.165, 1.54) is 7.11 Å². The van der Waals surface area contributed by atoms with Crippen LogP contribution in [0.25, 0.3) is 0 Å². The van der Waals surface area contributed by atoms with Gasteiger partial charge in [-0.25, -0.2) is 4.79 Å². The predicted molar refractivity (Wildman–Crippen MR) is 130 cm³/mol. The van der Waals surface area contributed by atoms with Crippen molar-refractivity contribution in [1.29, 1.82) is 0 Å². The summed E-state index contributed by atoms with van der Waals surface area (Å²) in [5.74, 6) is -0.857. The fraction of sp³-hybridized carbons (Fsp3) is 0.154. The van der Waals surface area contributed by atoms with Crippen LogP contribution in [-0.4, -0.2) is 42.3 Å². The molecule has 1 saturated heterocycles. The third-order valence-corrected chi connectivity index (χ3v) is 5.71. The molecule has 4 rings (SSSR count). The van der Waals surface area contributed by atoms with Gasteiger partial charge >= 0.3 is 6.03 Å². The molecule has 3 aromatic carbocycles. The predicted octanol–water partition coefficient (Wildman–Crippen LogP) is 3.35. The molecule has 3 N–H and O–H groups in total. The quantitative estimate of drug-likeness (QED) is 0.456. The van der Waals surface area contributed by atoms with E-state index in [0.29, 0.717) is 28.3 Å². The highest BCUT2D eigenvalue weighted by Gasteiger charge is 2.49. The van der Waals surface area contributed by atoms with Crippen molar-refractivity contribution in [3.05, 3.63) is 90.0 Å². The Kier molecular flexibility index (Phi) is 6.50. The zero-order chi connectivity index (χ0) is 25.0. The summed E-state index contributed by atoms with van der Waals surface area (Å²) in [6.45, 7) is 1.17. The number of carbonyl (C=O) groups is 4. The second kappa shape index (κ2) is 9.68. The Morgan fingerprint density at radius 2 is 1.57 bits per heavy atom. The van der Waals surface area contributed by atoms with Crippen LogP contribution in [0.3, 0.4) is 0 Å². The van der Waals surface area contributed by atoms with Crippen molar-refractivity contribution < 1.29 is 23.9 Å². The van der Waals surface area contributed by atoms with Crippen LogP contribution in [0.4, 0.5) is 16.2 Å². The lowest BCUT2D eigenvalue weighted by molar-refractivity contribution is -0.133. The van der Waals surface area contributed by atoms with E-state index in [0.717, 1.165) is 4.90 Å². The molecule has 35 heavy (non-hydrogen) atoms. The molecule has 3 aromatic rings. The average molecular weight is 473 g/mol. The number of nitrogens with one attached hydrogen (secondary N) is 3. The van der Waals surface area contributed by atoms with E-state index in [1.807, 2.05) is 6.07 Å². The van der Waals surface area contributed by atoms with E-state index in [2.05, 4.69) is 16.0 Å². The molecule has 9 heteroatoms. The largest absolute Gasteiger partial charge is 0.495 e. The van der Waals surface area contributed by atoms with Crippen molar-refractivity contribution in [3.63, 3.8) is 0 Å². The van der Waals surface area contributed by atoms with Crippen molar-refractivity contribution >= 4 is 35.1 Å². The number of imide groups is 1. The van der Waals surface area contributed by atoms with Crippen LogP contribution in [0, 0.1) is 0 Å². The Bertz CT molecular complexity index is 1280. The minimum Gasteiger partial charge on any atom is -0.495 e. The molecule has 178 valence electrons. The number of hydrogen-bond acceptors (Lipinski definition) is 5. The van der Waals surface area contributed by atoms with Gasteiger partial charge in [0.2, 0.25) is 5.91 Å². The maximum absolute atomic E-state index is 13.0. The molecule has 0 spiro atoms. The summed E-state index contributed by atoms with van der Waals surface area (Å²) in [7, 11) is 1.52. The molecule has 0 bridgehead atoms. The average Bonchev–Trinajstić information content (AvgIpc) is 3.09. The molecule has 9 nitrogen and oxygen atoms in total. The van der Waals surface area contributed by atoms with E-state index in [4.69, 9.17) is 4.74 Å². The van der Waals surface area contributed by atoms with Gasteiger partial charge in [-0.3, -0.25) is 19.3 Å². The monoisotopic (exact) mass is 472 g/mol. The van der Waals surface area contributed by atoms with Crippen molar-refractivity contribution in [2.45, 2.75) is 12.5 Å². The van der Waals surface area contributed by atoms with Crippen molar-refractivity contribution in [2.24, 2.45) is 0 Å². The summed E-state index contributed by atoms with van der Waals surface area (Å²) >= 11 is 0. The summed E-state index contributed by atoms with van der Waals surface area (Å²) in [5.41, 5.74) is 0.717. The highest BCUT2D eigenvalue weighted by atomic mass is 16.5. The molecule has 0 aromatic heterocycles. The van der Waals surface area contributed by atoms with Crippen LogP contribution in [0.5, 0.6) is 5.75 Å². The first-order valence-electron chi connectivity index (χ1n) is 10.9. The van der Waals surface area contributed by atoms with Gasteiger partial charge in [0.25, 0.3) is 11.8 Å². The Balaban J connectivity index is 1.38. The molecule has 1 aliphatic rings. The molecule has 1 aliphatic heterocycles. The number of hydrogen-bond donors (Lipinski definition) is 3. The van der Waals surface area contributed by atoms with Gasteiger partial charge in [-0.05, 0) is 48.9 Å². The van der Waals surface area contributed by atoms with Gasteiger partial charge in [0.15, 0.2) is 0 Å². The lowest BCUT2D eigenvalue weighted by Gasteiger charge is -2.22. The van der Waals surface area contributed by atoms with E-state index >= 15 is 0 Å². The SMILES string of the molecule is COc1ccccc1NC(=O)c1ccc(NC(=O)CN2C(=O)N[C@](C)(c3ccccc3)C2=O)cc1. The van der Waals surface area contributed by atoms with Gasteiger partial charge in [0.05, 0.1) is 12.8 Å². The number of rotatable bonds is 7. The van der Waals surface area contributed by atoms with Gasteiger partial charge in [0.1, 0.15) is 17.8 Å². The molecule has 1 atom stereocenters. The molecule has 1 fully saturated rings. The molecule has 5 amide bonds. The van der Waals surface area contributed by atoms with Crippen LogP contribution in [-0.2, 0) is 15.1 Å². The Morgan fingerprint density at radius 3 is 2.26 bits per heavy atom. The molecule has 1 heterocycles. The molecule has 0 saturated carbocycles. The van der Waals surface area contributed by atoms with E-state index in [1.54, 1.807) is 79.7 Å². The van der Waals surface area contributed by atoms with Crippen LogP contribution < -0.4 is 20.7 Å². The minimum atomic E-state index is -1.24. The van der Waals surface area contributed by atoms with Gasteiger partial charge in [-0.15, -0.1) is 0 Å². The lowest BCUT2D eigenvalue weighted by atomic mass is 9.92. The smallest absolute Gasteiger partial charge is 0.325 e. The number of methoxy groups -OCH3 is 1. The zero-order valence-corrected chi connectivity index (χ0v) is 19.2. The van der Waals surface area contributed by atoms with Crippen LogP contribution in [0.2, 0.25) is 0 Å². The standard InChI is InChI=1S/C26H24N4O5/c1-26(18-8-4-3-5-9-18)24(33)30(25(34)29-26)16-22(31)27-19-14-12-17(13-15-19)23(32)28-20-10-6-7-11-21(20)35-2/h3-15H,16H2,1-2H3,(H,27,31)(H,28,32)(H,29,34)/t26-/m1/s1. The number of nitrogens with zero attached hydrogens (tertiary/aromatic N) is 1. The first kappa shape index (κ1) is 23.5. The van der Waals surface area contributed by atoms with Gasteiger partial charge in [-0.2, -0.15) is 0 Å². The highest BCUT2D eigenvalue weighted by Crippen LogP contribution is 2.28. The molecular weight excluding hydrogens is 448 g/mol. The molecular formula is C26H24N4O5. The van der Waals surface area contributed by atoms with Gasteiger partial charge in [-0.1, -0.05) is 42.5 Å². The van der Waals surface area contributed by atoms with E-state index < -0.39 is 29.9 Å². The van der Waals surface area contributed by atoms with Crippen molar-refractivity contribution in [2.75, 3.05) is 24.3 Å². The van der Waals surface area contributed by atoms with Crippen LogP contribution in [0.1, 0.15) is 22.8 Å². The first-order valence-corrected chi connectivity index (χ1v) is 10.9. The van der Waals surface area contributed by atoms with Crippen molar-refractivity contribution in [3.8, 4) is 5.75 Å². The topological polar surface area (TPSA) is 117 Å². The molecule has 0 radical (unpaired) electrons. The molecule has 0 aliphatic carbocycles. The lowest BCUT2D eigenvalue weighted by Crippen LogP contribution is -2.42. The first-order chi connectivity index (χ1) is 16.8. The Hall–Kier alpha value is -4.66. The number of anilines is 2. The maximum Gasteiger partial charge on any atom is 0.325 e. The zero-order valence-electron chi connectivity index (χ0n) is 19.2. The summed E-state index contributed by atoms with van der Waals surface area (Å²) in [4.78, 5) is 51.4. The summed E-state index contributed by atoms with van der Waals surface area (Å²) in [5, 5.41) is 8.09. The number of para-hydroxylation sites is 2. The Morgan fingerprint density at radius 1 is 0.914 bits per heavy atom. The van der Waals surface area contributed by atoms with E-state index in [-0.39, 0.29) is 5.91 Å². The van der Waals surface area contributed by atoms with Crippen molar-refractivity contribution in [1.82, 2.24) is 10.2 Å². The number of carbonyl (C=O) groups excluding carboxylic acids is 4. The number of amides is 5. The maximum atomic E-state index is 13.0. The highest BCUT2D eigenvalue weighted by molar-refractivity contribution is 6.10. The Labute approximate surface area is 202 Å². The number of ether oxygens (including phenoxy) is 1. The number of benzene rings is 3. The fourth-order valence-corrected chi connectivity index (χ4v) is 3.80. The number of urea groups is 1. The van der Waals surface area contributed by atoms with Gasteiger partial charge < -0.3 is 20.7 Å².